The number of nitrogens with zero attached hydrogens (tertiary/aromatic N) is 3. The zero-order chi connectivity index (χ0) is 19.5. The Balaban J connectivity index is 0.000000514. The molecular weight excluding hydrogens is 437 g/mol. The van der Waals surface area contributed by atoms with Crippen LogP contribution in [0.3, 0.4) is 0 Å². The zero-order valence-corrected chi connectivity index (χ0v) is 17.2. The van der Waals surface area contributed by atoms with Crippen molar-refractivity contribution in [1.29, 1.82) is 0 Å². The molecule has 0 unspecified atom stereocenters. The summed E-state index contributed by atoms with van der Waals surface area (Å²) in [4.78, 5) is 8.37. The minimum absolute atomic E-state index is 0. The number of benzene rings is 1. The molecule has 29 heavy (non-hydrogen) atoms. The molecule has 0 aliphatic heterocycles. The van der Waals surface area contributed by atoms with E-state index in [4.69, 9.17) is 10.5 Å². The quantitative estimate of drug-likeness (QED) is 0.235. The number of hydrazone groups is 1. The fourth-order valence-electron chi connectivity index (χ4n) is 2.00. The second-order valence-electron chi connectivity index (χ2n) is 5.06. The first-order valence-corrected chi connectivity index (χ1v) is 8.29. The van der Waals surface area contributed by atoms with Crippen LogP contribution >= 0.6 is 12.2 Å². The van der Waals surface area contributed by atoms with Crippen molar-refractivity contribution in [3.8, 4) is 22.9 Å². The van der Waals surface area contributed by atoms with Crippen LogP contribution in [0.15, 0.2) is 72.1 Å². The van der Waals surface area contributed by atoms with Gasteiger partial charge in [0, 0.05) is 34.4 Å². The molecule has 0 aliphatic rings. The Morgan fingerprint density at radius 3 is 2.10 bits per heavy atom. The number of nitrogens with one attached hydrogen (secondary N) is 1. The first-order valence-electron chi connectivity index (χ1n) is 7.88. The Bertz CT molecular complexity index is 861. The Kier molecular flexibility index (Phi) is 12.5. The van der Waals surface area contributed by atoms with Crippen LogP contribution in [-0.4, -0.2) is 39.0 Å². The fourth-order valence-corrected chi connectivity index (χ4v) is 2.05. The summed E-state index contributed by atoms with van der Waals surface area (Å²) in [6.45, 7) is 0. The van der Waals surface area contributed by atoms with Gasteiger partial charge in [0.2, 0.25) is 0 Å². The summed E-state index contributed by atoms with van der Waals surface area (Å²) in [5, 5.41) is 13.4. The number of aromatic hydroxyl groups is 1. The van der Waals surface area contributed by atoms with Crippen molar-refractivity contribution < 1.29 is 31.8 Å². The van der Waals surface area contributed by atoms with E-state index in [0.717, 1.165) is 11.4 Å². The first-order chi connectivity index (χ1) is 13.1. The number of phenolic OH excluding ortho intramolecular Hbond substituents is 1. The summed E-state index contributed by atoms with van der Waals surface area (Å²) in [6, 6.07) is 16.7. The van der Waals surface area contributed by atoms with E-state index < -0.39 is 0 Å². The second-order valence-corrected chi connectivity index (χ2v) is 5.50. The summed E-state index contributed by atoms with van der Waals surface area (Å²) < 4.78 is 4.93. The van der Waals surface area contributed by atoms with E-state index in [1.54, 1.807) is 30.6 Å². The average Bonchev–Trinajstić information content (AvgIpc) is 2.71. The van der Waals surface area contributed by atoms with Gasteiger partial charge in [-0.25, -0.2) is 0 Å². The van der Waals surface area contributed by atoms with Gasteiger partial charge in [-0.05, 0) is 48.6 Å². The van der Waals surface area contributed by atoms with Crippen molar-refractivity contribution in [2.75, 3.05) is 7.11 Å². The molecule has 1 aromatic carbocycles. The number of ether oxygens (including phenoxy) is 1. The standard InChI is InChI=1S/C10H8N2.C9H11N3O2S.Ni.H2O/c1-3-7-11-9(5-1)10-6-2-4-8-12-10;1-14-7-4-2-3-6(8(7)13)5-11-12-9(10)15;;/h1-8H;2-5,13H,1H3,(H3,10,12,15);;1H2/b;11-5+;;. The van der Waals surface area contributed by atoms with Crippen LogP contribution in [0.1, 0.15) is 5.56 Å². The Morgan fingerprint density at radius 2 is 1.66 bits per heavy atom. The van der Waals surface area contributed by atoms with Crippen molar-refractivity contribution in [3.05, 3.63) is 72.6 Å². The number of hydrogen-bond donors (Lipinski definition) is 3. The average molecular weight is 458 g/mol. The van der Waals surface area contributed by atoms with Gasteiger partial charge < -0.3 is 21.1 Å². The van der Waals surface area contributed by atoms with Gasteiger partial charge >= 0.3 is 0 Å². The van der Waals surface area contributed by atoms with Crippen molar-refractivity contribution in [2.45, 2.75) is 0 Å². The number of rotatable bonds is 4. The molecule has 6 N–H and O–H groups in total. The van der Waals surface area contributed by atoms with Gasteiger partial charge in [-0.3, -0.25) is 15.4 Å². The molecule has 8 nitrogen and oxygen atoms in total. The SMILES string of the molecule is COc1cccc(/C=N/NC(N)=S)c1O.O.[Ni].c1ccc(-c2ccccn2)nc1. The molecule has 0 bridgehead atoms. The molecule has 2 aromatic heterocycles. The third-order valence-corrected chi connectivity index (χ3v) is 3.31. The number of thiocarbonyl (C=S) groups is 1. The predicted octanol–water partition coefficient (Wildman–Crippen LogP) is 1.88. The number of pyridine rings is 2. The molecule has 3 rings (SSSR count). The molecule has 0 spiro atoms. The van der Waals surface area contributed by atoms with Crippen molar-refractivity contribution in [3.63, 3.8) is 0 Å². The number of aromatic nitrogens is 2. The third-order valence-electron chi connectivity index (χ3n) is 3.22. The van der Waals surface area contributed by atoms with E-state index in [0.29, 0.717) is 11.3 Å². The number of phenols is 1. The molecule has 0 amide bonds. The molecule has 0 fully saturated rings. The zero-order valence-electron chi connectivity index (χ0n) is 15.4. The van der Waals surface area contributed by atoms with Gasteiger partial charge in [-0.2, -0.15) is 5.10 Å². The van der Waals surface area contributed by atoms with Crippen molar-refractivity contribution >= 4 is 23.5 Å². The molecule has 0 aliphatic carbocycles. The Hall–Kier alpha value is -3.07. The predicted molar refractivity (Wildman–Crippen MR) is 113 cm³/mol. The summed E-state index contributed by atoms with van der Waals surface area (Å²) in [6.07, 6.45) is 4.94. The van der Waals surface area contributed by atoms with Crippen molar-refractivity contribution in [1.82, 2.24) is 15.4 Å². The molecule has 156 valence electrons. The van der Waals surface area contributed by atoms with E-state index >= 15 is 0 Å². The molecule has 0 saturated heterocycles. The summed E-state index contributed by atoms with van der Waals surface area (Å²) in [5.41, 5.74) is 9.90. The second kappa shape index (κ2) is 14.0. The normalized spacial score (nSPS) is 9.28. The van der Waals surface area contributed by atoms with Crippen LogP contribution < -0.4 is 15.9 Å². The van der Waals surface area contributed by atoms with Crippen LogP contribution in [0.5, 0.6) is 11.5 Å². The summed E-state index contributed by atoms with van der Waals surface area (Å²) >= 11 is 4.56. The number of para-hydroxylation sites is 1. The molecule has 0 radical (unpaired) electrons. The largest absolute Gasteiger partial charge is 0.504 e. The van der Waals surface area contributed by atoms with Gasteiger partial charge in [-0.1, -0.05) is 18.2 Å². The van der Waals surface area contributed by atoms with Crippen molar-refractivity contribution in [2.24, 2.45) is 10.8 Å². The van der Waals surface area contributed by atoms with Gasteiger partial charge in [0.05, 0.1) is 24.7 Å². The molecular formula is C19H21N5NiO3S. The maximum absolute atomic E-state index is 9.65. The van der Waals surface area contributed by atoms with E-state index in [9.17, 15) is 5.11 Å². The molecule has 10 heteroatoms. The maximum Gasteiger partial charge on any atom is 0.184 e. The van der Waals surface area contributed by atoms with Crippen LogP contribution in [-0.2, 0) is 16.5 Å². The van der Waals surface area contributed by atoms with Gasteiger partial charge in [0.25, 0.3) is 0 Å². The van der Waals surface area contributed by atoms with Crippen LogP contribution in [0.4, 0.5) is 0 Å². The Labute approximate surface area is 184 Å². The Morgan fingerprint density at radius 1 is 1.07 bits per heavy atom. The van der Waals surface area contributed by atoms with E-state index in [1.807, 2.05) is 36.4 Å². The van der Waals surface area contributed by atoms with Gasteiger partial charge in [-0.15, -0.1) is 0 Å². The third kappa shape index (κ3) is 8.65. The fraction of sp³-hybridized carbons (Fsp3) is 0.0526. The van der Waals surface area contributed by atoms with Gasteiger partial charge in [0.1, 0.15) is 0 Å². The topological polar surface area (TPSA) is 137 Å². The van der Waals surface area contributed by atoms with Gasteiger partial charge in [0.15, 0.2) is 16.6 Å². The van der Waals surface area contributed by atoms with E-state index in [-0.39, 0.29) is 32.8 Å². The summed E-state index contributed by atoms with van der Waals surface area (Å²) in [7, 11) is 1.48. The van der Waals surface area contributed by atoms with E-state index in [2.05, 4.69) is 32.7 Å². The van der Waals surface area contributed by atoms with Crippen LogP contribution in [0, 0.1) is 0 Å². The van der Waals surface area contributed by atoms with E-state index in [1.165, 1.54) is 13.3 Å². The molecule has 0 saturated carbocycles. The number of hydrogen-bond acceptors (Lipinski definition) is 6. The van der Waals surface area contributed by atoms with Crippen LogP contribution in [0.25, 0.3) is 11.4 Å². The monoisotopic (exact) mass is 457 g/mol. The number of nitrogens with two attached hydrogens (primary N) is 1. The first kappa shape index (κ1) is 25.9. The maximum atomic E-state index is 9.65. The number of methoxy groups -OCH3 is 1. The molecule has 2 heterocycles. The smallest absolute Gasteiger partial charge is 0.184 e. The molecule has 0 atom stereocenters. The minimum Gasteiger partial charge on any atom is -0.504 e. The minimum atomic E-state index is 0. The molecule has 3 aromatic rings. The summed E-state index contributed by atoms with van der Waals surface area (Å²) in [5.74, 6) is 0.405. The van der Waals surface area contributed by atoms with Crippen LogP contribution in [0.2, 0.25) is 0 Å².